The third-order valence-corrected chi connectivity index (χ3v) is 5.28. The first-order valence-electron chi connectivity index (χ1n) is 8.70. The van der Waals surface area contributed by atoms with E-state index in [-0.39, 0.29) is 36.5 Å². The first-order valence-corrected chi connectivity index (χ1v) is 8.70. The number of H-pyrrole nitrogens is 1. The van der Waals surface area contributed by atoms with Gasteiger partial charge in [0, 0.05) is 29.9 Å². The van der Waals surface area contributed by atoms with E-state index in [0.717, 1.165) is 11.9 Å². The number of hydrogen-bond acceptors (Lipinski definition) is 4. The molecule has 0 aliphatic carbocycles. The van der Waals surface area contributed by atoms with E-state index < -0.39 is 0 Å². The monoisotopic (exact) mass is 342 g/mol. The summed E-state index contributed by atoms with van der Waals surface area (Å²) in [6.07, 6.45) is 3.94. The highest BCUT2D eigenvalue weighted by atomic mass is 16.5. The number of amides is 1. The highest BCUT2D eigenvalue weighted by Crippen LogP contribution is 2.34. The summed E-state index contributed by atoms with van der Waals surface area (Å²) in [5, 5.41) is 1.19. The van der Waals surface area contributed by atoms with Gasteiger partial charge in [-0.2, -0.15) is 0 Å². The average molecular weight is 342 g/mol. The van der Waals surface area contributed by atoms with Crippen LogP contribution in [0.4, 0.5) is 0 Å². The van der Waals surface area contributed by atoms with Crippen LogP contribution in [0.5, 0.6) is 0 Å². The van der Waals surface area contributed by atoms with Crippen LogP contribution in [0.1, 0.15) is 24.8 Å². The van der Waals surface area contributed by atoms with Crippen molar-refractivity contribution in [3.05, 3.63) is 36.0 Å². The molecule has 0 bridgehead atoms. The molecule has 0 saturated carbocycles. The molecule has 1 aromatic carbocycles. The van der Waals surface area contributed by atoms with Crippen molar-refractivity contribution >= 4 is 22.8 Å². The normalized spacial score (nSPS) is 26.0. The van der Waals surface area contributed by atoms with Gasteiger partial charge in [-0.05, 0) is 30.4 Å². The van der Waals surface area contributed by atoms with E-state index in [0.29, 0.717) is 19.4 Å². The quantitative estimate of drug-likeness (QED) is 0.865. The molecule has 2 aliphatic rings. The van der Waals surface area contributed by atoms with Gasteiger partial charge in [0.05, 0.1) is 19.8 Å². The minimum Gasteiger partial charge on any atom is -0.469 e. The van der Waals surface area contributed by atoms with Crippen LogP contribution in [0.15, 0.2) is 30.5 Å². The zero-order chi connectivity index (χ0) is 17.4. The van der Waals surface area contributed by atoms with Crippen LogP contribution < -0.4 is 0 Å². The van der Waals surface area contributed by atoms with Crippen LogP contribution in [0.2, 0.25) is 0 Å². The van der Waals surface area contributed by atoms with E-state index in [9.17, 15) is 9.59 Å². The maximum absolute atomic E-state index is 12.6. The van der Waals surface area contributed by atoms with E-state index >= 15 is 0 Å². The third-order valence-electron chi connectivity index (χ3n) is 5.28. The Morgan fingerprint density at radius 2 is 2.24 bits per heavy atom. The summed E-state index contributed by atoms with van der Waals surface area (Å²) in [5.74, 6) is -0.180. The molecule has 0 spiro atoms. The van der Waals surface area contributed by atoms with E-state index in [1.54, 1.807) is 0 Å². The number of aromatic amines is 1. The molecule has 25 heavy (non-hydrogen) atoms. The fourth-order valence-electron chi connectivity index (χ4n) is 4.07. The second-order valence-electron chi connectivity index (χ2n) is 6.89. The van der Waals surface area contributed by atoms with Gasteiger partial charge in [-0.15, -0.1) is 0 Å². The SMILES string of the molecule is COC(=O)C[C@H]1CC(=O)N2[C@@H](Cc3c[nH]c4ccccc34)CO[C@H]2C1. The van der Waals surface area contributed by atoms with Gasteiger partial charge in [-0.3, -0.25) is 9.59 Å². The number of aromatic nitrogens is 1. The molecule has 2 saturated heterocycles. The molecule has 6 nitrogen and oxygen atoms in total. The molecule has 6 heteroatoms. The van der Waals surface area contributed by atoms with Crippen molar-refractivity contribution < 1.29 is 19.1 Å². The zero-order valence-electron chi connectivity index (χ0n) is 14.2. The summed E-state index contributed by atoms with van der Waals surface area (Å²) in [6.45, 7) is 0.543. The summed E-state index contributed by atoms with van der Waals surface area (Å²) < 4.78 is 10.6. The number of carbonyl (C=O) groups is 2. The lowest BCUT2D eigenvalue weighted by molar-refractivity contribution is -0.149. The van der Waals surface area contributed by atoms with Crippen molar-refractivity contribution in [2.75, 3.05) is 13.7 Å². The second kappa shape index (κ2) is 6.52. The molecular formula is C19H22N2O4. The molecule has 1 amide bonds. The minimum absolute atomic E-state index is 0.00744. The zero-order valence-corrected chi connectivity index (χ0v) is 14.2. The Bertz CT molecular complexity index is 800. The number of esters is 1. The highest BCUT2D eigenvalue weighted by molar-refractivity contribution is 5.83. The molecule has 3 atom stereocenters. The number of fused-ring (bicyclic) bond motifs is 2. The Morgan fingerprint density at radius 1 is 1.40 bits per heavy atom. The molecule has 2 aromatic rings. The smallest absolute Gasteiger partial charge is 0.305 e. The Hall–Kier alpha value is -2.34. The summed E-state index contributed by atoms with van der Waals surface area (Å²) in [7, 11) is 1.38. The van der Waals surface area contributed by atoms with Crippen molar-refractivity contribution in [1.82, 2.24) is 9.88 Å². The largest absolute Gasteiger partial charge is 0.469 e. The van der Waals surface area contributed by atoms with Gasteiger partial charge in [0.25, 0.3) is 0 Å². The van der Waals surface area contributed by atoms with Crippen LogP contribution in [-0.2, 0) is 25.5 Å². The van der Waals surface area contributed by atoms with Gasteiger partial charge in [-0.1, -0.05) is 18.2 Å². The van der Waals surface area contributed by atoms with Crippen LogP contribution in [0.3, 0.4) is 0 Å². The maximum Gasteiger partial charge on any atom is 0.305 e. The van der Waals surface area contributed by atoms with Crippen LogP contribution in [-0.4, -0.2) is 47.7 Å². The molecule has 0 unspecified atom stereocenters. The molecule has 2 aliphatic heterocycles. The predicted octanol–water partition coefficient (Wildman–Crippen LogP) is 2.24. The number of hydrogen-bond donors (Lipinski definition) is 1. The number of piperidine rings is 1. The van der Waals surface area contributed by atoms with Gasteiger partial charge in [-0.25, -0.2) is 0 Å². The van der Waals surface area contributed by atoms with Gasteiger partial charge in [0.2, 0.25) is 5.91 Å². The number of carbonyl (C=O) groups excluding carboxylic acids is 2. The summed E-state index contributed by atoms with van der Waals surface area (Å²) >= 11 is 0. The number of nitrogens with one attached hydrogen (secondary N) is 1. The van der Waals surface area contributed by atoms with Gasteiger partial charge >= 0.3 is 5.97 Å². The van der Waals surface area contributed by atoms with E-state index in [1.807, 2.05) is 23.2 Å². The van der Waals surface area contributed by atoms with Crippen molar-refractivity contribution in [2.24, 2.45) is 5.92 Å². The van der Waals surface area contributed by atoms with Gasteiger partial charge in [0.1, 0.15) is 6.23 Å². The maximum atomic E-state index is 12.6. The summed E-state index contributed by atoms with van der Waals surface area (Å²) in [5.41, 5.74) is 2.31. The van der Waals surface area contributed by atoms with Crippen molar-refractivity contribution in [3.63, 3.8) is 0 Å². The summed E-state index contributed by atoms with van der Waals surface area (Å²) in [4.78, 5) is 29.3. The van der Waals surface area contributed by atoms with Crippen LogP contribution in [0.25, 0.3) is 10.9 Å². The number of para-hydroxylation sites is 1. The molecular weight excluding hydrogens is 320 g/mol. The fraction of sp³-hybridized carbons (Fsp3) is 0.474. The number of nitrogens with zero attached hydrogens (tertiary/aromatic N) is 1. The average Bonchev–Trinajstić information content (AvgIpc) is 3.20. The Morgan fingerprint density at radius 3 is 3.08 bits per heavy atom. The Kier molecular flexibility index (Phi) is 4.21. The van der Waals surface area contributed by atoms with Gasteiger partial charge in [0.15, 0.2) is 0 Å². The predicted molar refractivity (Wildman–Crippen MR) is 91.7 cm³/mol. The topological polar surface area (TPSA) is 71.6 Å². The van der Waals surface area contributed by atoms with Crippen LogP contribution >= 0.6 is 0 Å². The Balaban J connectivity index is 1.47. The van der Waals surface area contributed by atoms with Crippen molar-refractivity contribution in [1.29, 1.82) is 0 Å². The van der Waals surface area contributed by atoms with Crippen molar-refractivity contribution in [3.8, 4) is 0 Å². The second-order valence-corrected chi connectivity index (χ2v) is 6.89. The van der Waals surface area contributed by atoms with E-state index in [4.69, 9.17) is 9.47 Å². The molecule has 4 rings (SSSR count). The lowest BCUT2D eigenvalue weighted by Gasteiger charge is -2.35. The fourth-order valence-corrected chi connectivity index (χ4v) is 4.07. The molecule has 2 fully saturated rings. The highest BCUT2D eigenvalue weighted by Gasteiger charge is 2.43. The van der Waals surface area contributed by atoms with Crippen LogP contribution in [0, 0.1) is 5.92 Å². The molecule has 1 aromatic heterocycles. The van der Waals surface area contributed by atoms with E-state index in [2.05, 4.69) is 17.1 Å². The number of ether oxygens (including phenoxy) is 2. The summed E-state index contributed by atoms with van der Waals surface area (Å²) in [6, 6.07) is 8.23. The third kappa shape index (κ3) is 3.02. The molecule has 0 radical (unpaired) electrons. The Labute approximate surface area is 146 Å². The number of methoxy groups -OCH3 is 1. The molecule has 132 valence electrons. The lowest BCUT2D eigenvalue weighted by Crippen LogP contribution is -2.48. The lowest BCUT2D eigenvalue weighted by atomic mass is 9.91. The first-order chi connectivity index (χ1) is 12.2. The molecule has 1 N–H and O–H groups in total. The van der Waals surface area contributed by atoms with Gasteiger partial charge < -0.3 is 19.4 Å². The van der Waals surface area contributed by atoms with Crippen molar-refractivity contribution in [2.45, 2.75) is 38.0 Å². The number of rotatable bonds is 4. The van der Waals surface area contributed by atoms with E-state index in [1.165, 1.54) is 18.1 Å². The molecule has 3 heterocycles. The minimum atomic E-state index is -0.264. The standard InChI is InChI=1S/C19H22N2O4/c1-24-19(23)8-12-6-17(22)21-14(11-25-18(21)7-12)9-13-10-20-16-5-3-2-4-15(13)16/h2-5,10,12,14,18,20H,6-9,11H2,1H3/t12-,14-,18-/m0/s1. The first kappa shape index (κ1) is 16.1. The number of benzene rings is 1.